The van der Waals surface area contributed by atoms with E-state index in [1.807, 2.05) is 6.07 Å². The molecule has 0 aliphatic carbocycles. The molecule has 1 unspecified atom stereocenters. The normalized spacial score (nSPS) is 19.6. The molecular weight excluding hydrogens is 230 g/mol. The number of nitrogens with one attached hydrogen (secondary N) is 1. The number of morpholine rings is 1. The monoisotopic (exact) mass is 251 g/mol. The van der Waals surface area contributed by atoms with Gasteiger partial charge in [0.05, 0.1) is 26.9 Å². The van der Waals surface area contributed by atoms with E-state index in [-0.39, 0.29) is 0 Å². The molecule has 2 rings (SSSR count). The van der Waals surface area contributed by atoms with Crippen molar-refractivity contribution >= 4 is 0 Å². The van der Waals surface area contributed by atoms with E-state index in [2.05, 4.69) is 17.4 Å². The van der Waals surface area contributed by atoms with Crippen LogP contribution in [0.5, 0.6) is 11.5 Å². The topological polar surface area (TPSA) is 39.7 Å². The molecule has 1 aliphatic heterocycles. The van der Waals surface area contributed by atoms with Gasteiger partial charge in [-0.2, -0.15) is 0 Å². The molecule has 0 spiro atoms. The predicted molar refractivity (Wildman–Crippen MR) is 70.5 cm³/mol. The first-order valence-electron chi connectivity index (χ1n) is 6.36. The second-order valence-electron chi connectivity index (χ2n) is 4.46. The summed E-state index contributed by atoms with van der Waals surface area (Å²) in [6.07, 6.45) is 2.31. The third-order valence-electron chi connectivity index (χ3n) is 3.17. The minimum absolute atomic E-state index is 0.316. The maximum Gasteiger partial charge on any atom is 0.122 e. The lowest BCUT2D eigenvalue weighted by Gasteiger charge is -2.23. The van der Waals surface area contributed by atoms with Gasteiger partial charge in [0.15, 0.2) is 0 Å². The van der Waals surface area contributed by atoms with Crippen LogP contribution in [0.2, 0.25) is 0 Å². The summed E-state index contributed by atoms with van der Waals surface area (Å²) in [4.78, 5) is 0. The maximum absolute atomic E-state index is 5.69. The standard InChI is InChI=1S/C14H21NO3/c1-16-13-7-11(8-14(9-13)17-2)3-4-12-10-15-5-6-18-12/h7-9,12,15H,3-6,10H2,1-2H3. The Morgan fingerprint density at radius 2 is 1.94 bits per heavy atom. The largest absolute Gasteiger partial charge is 0.497 e. The SMILES string of the molecule is COc1cc(CCC2CNCCO2)cc(OC)c1. The summed E-state index contributed by atoms with van der Waals surface area (Å²) in [6, 6.07) is 6.00. The van der Waals surface area contributed by atoms with Crippen LogP contribution >= 0.6 is 0 Å². The molecule has 0 amide bonds. The molecule has 0 aromatic heterocycles. The average molecular weight is 251 g/mol. The number of rotatable bonds is 5. The van der Waals surface area contributed by atoms with E-state index in [9.17, 15) is 0 Å². The van der Waals surface area contributed by atoms with Crippen LogP contribution in [-0.4, -0.2) is 40.0 Å². The van der Waals surface area contributed by atoms with Crippen LogP contribution in [0.3, 0.4) is 0 Å². The molecule has 1 N–H and O–H groups in total. The summed E-state index contributed by atoms with van der Waals surface area (Å²) in [7, 11) is 3.35. The van der Waals surface area contributed by atoms with Crippen molar-refractivity contribution in [3.8, 4) is 11.5 Å². The van der Waals surface area contributed by atoms with Gasteiger partial charge in [0.2, 0.25) is 0 Å². The van der Waals surface area contributed by atoms with E-state index in [1.54, 1.807) is 14.2 Å². The molecule has 1 aromatic carbocycles. The van der Waals surface area contributed by atoms with Crippen molar-refractivity contribution in [2.24, 2.45) is 0 Å². The highest BCUT2D eigenvalue weighted by Crippen LogP contribution is 2.23. The van der Waals surface area contributed by atoms with Crippen molar-refractivity contribution in [2.45, 2.75) is 18.9 Å². The number of hydrogen-bond donors (Lipinski definition) is 1. The van der Waals surface area contributed by atoms with Gasteiger partial charge >= 0.3 is 0 Å². The Morgan fingerprint density at radius 1 is 1.22 bits per heavy atom. The van der Waals surface area contributed by atoms with Crippen LogP contribution in [0.1, 0.15) is 12.0 Å². The first-order valence-corrected chi connectivity index (χ1v) is 6.36. The van der Waals surface area contributed by atoms with E-state index in [0.29, 0.717) is 6.10 Å². The molecule has 0 bridgehead atoms. The molecule has 1 atom stereocenters. The molecule has 18 heavy (non-hydrogen) atoms. The number of hydrogen-bond acceptors (Lipinski definition) is 4. The lowest BCUT2D eigenvalue weighted by atomic mass is 10.1. The zero-order chi connectivity index (χ0) is 12.8. The molecule has 0 saturated carbocycles. The van der Waals surface area contributed by atoms with Crippen LogP contribution < -0.4 is 14.8 Å². The highest BCUT2D eigenvalue weighted by Gasteiger charge is 2.13. The summed E-state index contributed by atoms with van der Waals surface area (Å²) >= 11 is 0. The second-order valence-corrected chi connectivity index (χ2v) is 4.46. The van der Waals surface area contributed by atoms with E-state index in [4.69, 9.17) is 14.2 Å². The number of ether oxygens (including phenoxy) is 3. The van der Waals surface area contributed by atoms with Crippen molar-refractivity contribution in [1.29, 1.82) is 0 Å². The Morgan fingerprint density at radius 3 is 2.50 bits per heavy atom. The minimum Gasteiger partial charge on any atom is -0.497 e. The first kappa shape index (κ1) is 13.2. The zero-order valence-corrected chi connectivity index (χ0v) is 11.1. The van der Waals surface area contributed by atoms with Gasteiger partial charge in [0.25, 0.3) is 0 Å². The maximum atomic E-state index is 5.69. The Kier molecular flexibility index (Phi) is 4.84. The Bertz CT molecular complexity index is 353. The third kappa shape index (κ3) is 3.62. The molecule has 1 aromatic rings. The van der Waals surface area contributed by atoms with Crippen molar-refractivity contribution in [2.75, 3.05) is 33.9 Å². The quantitative estimate of drug-likeness (QED) is 0.863. The van der Waals surface area contributed by atoms with Gasteiger partial charge < -0.3 is 19.5 Å². The lowest BCUT2D eigenvalue weighted by molar-refractivity contribution is 0.0238. The van der Waals surface area contributed by atoms with Gasteiger partial charge in [-0.05, 0) is 30.5 Å². The molecule has 1 saturated heterocycles. The van der Waals surface area contributed by atoms with Crippen LogP contribution in [0.4, 0.5) is 0 Å². The minimum atomic E-state index is 0.316. The summed E-state index contributed by atoms with van der Waals surface area (Å²) < 4.78 is 16.2. The van der Waals surface area contributed by atoms with Gasteiger partial charge in [-0.1, -0.05) is 0 Å². The number of aryl methyl sites for hydroxylation is 1. The Hall–Kier alpha value is -1.26. The van der Waals surface area contributed by atoms with Gasteiger partial charge in [-0.25, -0.2) is 0 Å². The van der Waals surface area contributed by atoms with Gasteiger partial charge in [0, 0.05) is 19.2 Å². The molecule has 1 fully saturated rings. The van der Waals surface area contributed by atoms with E-state index in [1.165, 1.54) is 5.56 Å². The van der Waals surface area contributed by atoms with Crippen LogP contribution in [-0.2, 0) is 11.2 Å². The Balaban J connectivity index is 1.94. The van der Waals surface area contributed by atoms with Crippen molar-refractivity contribution in [3.63, 3.8) is 0 Å². The number of methoxy groups -OCH3 is 2. The van der Waals surface area contributed by atoms with Gasteiger partial charge in [-0.15, -0.1) is 0 Å². The number of benzene rings is 1. The fraction of sp³-hybridized carbons (Fsp3) is 0.571. The molecule has 4 heteroatoms. The predicted octanol–water partition coefficient (Wildman–Crippen LogP) is 1.62. The lowest BCUT2D eigenvalue weighted by Crippen LogP contribution is -2.38. The average Bonchev–Trinajstić information content (AvgIpc) is 2.45. The fourth-order valence-electron chi connectivity index (χ4n) is 2.14. The summed E-state index contributed by atoms with van der Waals surface area (Å²) in [5.41, 5.74) is 1.22. The Labute approximate surface area is 108 Å². The highest BCUT2D eigenvalue weighted by molar-refractivity contribution is 5.38. The molecule has 4 nitrogen and oxygen atoms in total. The van der Waals surface area contributed by atoms with E-state index < -0.39 is 0 Å². The van der Waals surface area contributed by atoms with Gasteiger partial charge in [0.1, 0.15) is 11.5 Å². The van der Waals surface area contributed by atoms with Crippen molar-refractivity contribution in [1.82, 2.24) is 5.32 Å². The molecule has 0 radical (unpaired) electrons. The van der Waals surface area contributed by atoms with Crippen LogP contribution in [0.15, 0.2) is 18.2 Å². The first-order chi connectivity index (χ1) is 8.81. The smallest absolute Gasteiger partial charge is 0.122 e. The summed E-state index contributed by atoms with van der Waals surface area (Å²) in [6.45, 7) is 2.72. The van der Waals surface area contributed by atoms with Gasteiger partial charge in [-0.3, -0.25) is 0 Å². The summed E-state index contributed by atoms with van der Waals surface area (Å²) in [5.74, 6) is 1.68. The fourth-order valence-corrected chi connectivity index (χ4v) is 2.14. The van der Waals surface area contributed by atoms with E-state index >= 15 is 0 Å². The highest BCUT2D eigenvalue weighted by atomic mass is 16.5. The third-order valence-corrected chi connectivity index (χ3v) is 3.17. The van der Waals surface area contributed by atoms with Crippen LogP contribution in [0.25, 0.3) is 0 Å². The van der Waals surface area contributed by atoms with E-state index in [0.717, 1.165) is 44.0 Å². The molecule has 1 heterocycles. The van der Waals surface area contributed by atoms with Crippen LogP contribution in [0, 0.1) is 0 Å². The van der Waals surface area contributed by atoms with Crippen molar-refractivity contribution in [3.05, 3.63) is 23.8 Å². The van der Waals surface area contributed by atoms with Crippen molar-refractivity contribution < 1.29 is 14.2 Å². The second kappa shape index (κ2) is 6.61. The summed E-state index contributed by atoms with van der Waals surface area (Å²) in [5, 5.41) is 3.34. The zero-order valence-electron chi connectivity index (χ0n) is 11.1. The molecular formula is C14H21NO3. The molecule has 100 valence electrons. The molecule has 1 aliphatic rings.